The molecule has 1 aliphatic rings. The van der Waals surface area contributed by atoms with E-state index in [0.29, 0.717) is 6.61 Å². The van der Waals surface area contributed by atoms with Gasteiger partial charge in [0.05, 0.1) is 9.18 Å². The normalized spacial score (nSPS) is 24.6. The molecule has 1 fully saturated rings. The summed E-state index contributed by atoms with van der Waals surface area (Å²) in [5.74, 6) is 6.49. The van der Waals surface area contributed by atoms with Gasteiger partial charge in [0.1, 0.15) is 0 Å². The largest absolute Gasteiger partial charge is 0.353 e. The molecule has 3 heteroatoms. The lowest BCUT2D eigenvalue weighted by molar-refractivity contribution is -0.152. The maximum absolute atomic E-state index is 5.90. The van der Waals surface area contributed by atoms with Crippen LogP contribution in [0.15, 0.2) is 9.15 Å². The second-order valence-electron chi connectivity index (χ2n) is 4.92. The monoisotopic (exact) mass is 362 g/mol. The molecule has 0 aromatic heterocycles. The van der Waals surface area contributed by atoms with E-state index < -0.39 is 0 Å². The van der Waals surface area contributed by atoms with Crippen molar-refractivity contribution in [2.45, 2.75) is 65.3 Å². The van der Waals surface area contributed by atoms with E-state index in [4.69, 9.17) is 9.47 Å². The van der Waals surface area contributed by atoms with Crippen molar-refractivity contribution in [2.24, 2.45) is 0 Å². The van der Waals surface area contributed by atoms with Crippen molar-refractivity contribution in [1.82, 2.24) is 0 Å². The fraction of sp³-hybridized carbons (Fsp3) is 0.733. The summed E-state index contributed by atoms with van der Waals surface area (Å²) in [6.07, 6.45) is 4.08. The molecule has 0 radical (unpaired) electrons. The van der Waals surface area contributed by atoms with Crippen LogP contribution in [0.25, 0.3) is 0 Å². The number of ether oxygens (including phenoxy) is 2. The van der Waals surface area contributed by atoms with E-state index in [1.165, 1.54) is 18.4 Å². The summed E-state index contributed by atoms with van der Waals surface area (Å²) in [7, 11) is 0. The van der Waals surface area contributed by atoms with Crippen LogP contribution in [0.3, 0.4) is 0 Å². The van der Waals surface area contributed by atoms with E-state index in [1.807, 2.05) is 6.92 Å². The van der Waals surface area contributed by atoms with E-state index in [-0.39, 0.29) is 11.9 Å². The summed E-state index contributed by atoms with van der Waals surface area (Å²) in [4.78, 5) is 0. The lowest BCUT2D eigenvalue weighted by atomic mass is 9.98. The van der Waals surface area contributed by atoms with E-state index in [9.17, 15) is 0 Å². The summed E-state index contributed by atoms with van der Waals surface area (Å²) < 4.78 is 12.6. The number of hydrogen-bond donors (Lipinski definition) is 0. The van der Waals surface area contributed by atoms with Crippen molar-refractivity contribution in [2.75, 3.05) is 6.61 Å². The summed E-state index contributed by atoms with van der Waals surface area (Å²) in [6.45, 7) is 9.05. The van der Waals surface area contributed by atoms with E-state index >= 15 is 0 Å². The van der Waals surface area contributed by atoms with Crippen LogP contribution in [0.1, 0.15) is 53.4 Å². The summed E-state index contributed by atoms with van der Waals surface area (Å²) >= 11 is 2.33. The average Bonchev–Trinajstić information content (AvgIpc) is 2.60. The quantitative estimate of drug-likeness (QED) is 0.419. The predicted molar refractivity (Wildman–Crippen MR) is 83.5 cm³/mol. The van der Waals surface area contributed by atoms with Crippen LogP contribution in [0.5, 0.6) is 0 Å². The fourth-order valence-corrected chi connectivity index (χ4v) is 3.03. The minimum Gasteiger partial charge on any atom is -0.353 e. The van der Waals surface area contributed by atoms with Crippen LogP contribution in [-0.2, 0) is 9.47 Å². The lowest BCUT2D eigenvalue weighted by Crippen LogP contribution is -2.23. The molecule has 1 rings (SSSR count). The van der Waals surface area contributed by atoms with E-state index in [2.05, 4.69) is 55.2 Å². The van der Waals surface area contributed by atoms with Crippen LogP contribution < -0.4 is 0 Å². The molecule has 102 valence electrons. The Labute approximate surface area is 125 Å². The standard InChI is InChI=1S/C15H23IO2/c1-5-7-8-9-10-13(16)12-11-14(17-6-2)18-15(12,3)4/h14H,5-8,11H2,1-4H3/b13-12+. The van der Waals surface area contributed by atoms with Crippen molar-refractivity contribution in [3.63, 3.8) is 0 Å². The first-order valence-corrected chi connectivity index (χ1v) is 7.76. The lowest BCUT2D eigenvalue weighted by Gasteiger charge is -2.20. The van der Waals surface area contributed by atoms with Crippen LogP contribution in [0, 0.1) is 11.8 Å². The number of allylic oxidation sites excluding steroid dienone is 1. The zero-order valence-corrected chi connectivity index (χ0v) is 14.0. The first-order chi connectivity index (χ1) is 8.51. The highest BCUT2D eigenvalue weighted by Gasteiger charge is 2.38. The molecule has 1 atom stereocenters. The molecule has 0 aliphatic carbocycles. The molecule has 0 spiro atoms. The van der Waals surface area contributed by atoms with Gasteiger partial charge >= 0.3 is 0 Å². The Kier molecular flexibility index (Phi) is 6.68. The zero-order valence-electron chi connectivity index (χ0n) is 11.8. The molecule has 1 aliphatic heterocycles. The van der Waals surface area contributed by atoms with Gasteiger partial charge in [0.15, 0.2) is 6.29 Å². The minimum absolute atomic E-state index is 0.109. The van der Waals surface area contributed by atoms with E-state index in [1.54, 1.807) is 0 Å². The minimum atomic E-state index is -0.254. The van der Waals surface area contributed by atoms with Crippen molar-refractivity contribution in [3.05, 3.63) is 9.15 Å². The molecular weight excluding hydrogens is 339 g/mol. The van der Waals surface area contributed by atoms with Crippen LogP contribution in [0.2, 0.25) is 0 Å². The van der Waals surface area contributed by atoms with Gasteiger partial charge in [-0.3, -0.25) is 0 Å². The molecule has 0 aromatic rings. The third-order valence-corrected chi connectivity index (χ3v) is 3.92. The Bertz CT molecular complexity index is 360. The van der Waals surface area contributed by atoms with Gasteiger partial charge in [-0.1, -0.05) is 25.2 Å². The van der Waals surface area contributed by atoms with Gasteiger partial charge in [-0.25, -0.2) is 0 Å². The predicted octanol–water partition coefficient (Wildman–Crippen LogP) is 4.43. The van der Waals surface area contributed by atoms with E-state index in [0.717, 1.165) is 16.4 Å². The van der Waals surface area contributed by atoms with Gasteiger partial charge in [-0.15, -0.1) is 0 Å². The molecule has 1 unspecified atom stereocenters. The Hall–Kier alpha value is -0.0500. The summed E-state index contributed by atoms with van der Waals surface area (Å²) in [5.41, 5.74) is 1.01. The molecule has 18 heavy (non-hydrogen) atoms. The van der Waals surface area contributed by atoms with Crippen LogP contribution in [-0.4, -0.2) is 18.5 Å². The Morgan fingerprint density at radius 2 is 2.22 bits per heavy atom. The average molecular weight is 362 g/mol. The van der Waals surface area contributed by atoms with Gasteiger partial charge in [-0.05, 0) is 55.4 Å². The van der Waals surface area contributed by atoms with Crippen molar-refractivity contribution in [1.29, 1.82) is 0 Å². The summed E-state index contributed by atoms with van der Waals surface area (Å²) in [5, 5.41) is 0. The third-order valence-electron chi connectivity index (χ3n) is 2.99. The van der Waals surface area contributed by atoms with Crippen LogP contribution >= 0.6 is 22.6 Å². The molecule has 0 amide bonds. The fourth-order valence-electron chi connectivity index (χ4n) is 1.97. The molecule has 2 nitrogen and oxygen atoms in total. The van der Waals surface area contributed by atoms with Crippen molar-refractivity contribution >= 4 is 22.6 Å². The Morgan fingerprint density at radius 1 is 1.50 bits per heavy atom. The first-order valence-electron chi connectivity index (χ1n) is 6.68. The third kappa shape index (κ3) is 4.56. The smallest absolute Gasteiger partial charge is 0.162 e. The second-order valence-corrected chi connectivity index (χ2v) is 5.99. The molecule has 0 saturated carbocycles. The number of halogens is 1. The van der Waals surface area contributed by atoms with Gasteiger partial charge in [0.2, 0.25) is 0 Å². The van der Waals surface area contributed by atoms with Crippen LogP contribution in [0.4, 0.5) is 0 Å². The van der Waals surface area contributed by atoms with Crippen molar-refractivity contribution < 1.29 is 9.47 Å². The number of rotatable bonds is 4. The van der Waals surface area contributed by atoms with Gasteiger partial charge in [-0.2, -0.15) is 0 Å². The molecule has 1 saturated heterocycles. The maximum Gasteiger partial charge on any atom is 0.162 e. The topological polar surface area (TPSA) is 18.5 Å². The SMILES string of the molecule is CCCCC#C/C(I)=C1/CC(OCC)OC1(C)C. The number of hydrogen-bond acceptors (Lipinski definition) is 2. The zero-order chi connectivity index (χ0) is 13.6. The van der Waals surface area contributed by atoms with Crippen molar-refractivity contribution in [3.8, 4) is 11.8 Å². The highest BCUT2D eigenvalue weighted by molar-refractivity contribution is 14.1. The van der Waals surface area contributed by atoms with Gasteiger partial charge < -0.3 is 9.47 Å². The highest BCUT2D eigenvalue weighted by Crippen LogP contribution is 2.39. The highest BCUT2D eigenvalue weighted by atomic mass is 127. The second kappa shape index (κ2) is 7.52. The Morgan fingerprint density at radius 3 is 2.83 bits per heavy atom. The van der Waals surface area contributed by atoms with Gasteiger partial charge in [0.25, 0.3) is 0 Å². The molecular formula is C15H23IO2. The van der Waals surface area contributed by atoms with Gasteiger partial charge in [0, 0.05) is 19.4 Å². The summed E-state index contributed by atoms with van der Waals surface area (Å²) in [6, 6.07) is 0. The molecule has 0 N–H and O–H groups in total. The maximum atomic E-state index is 5.90. The molecule has 0 bridgehead atoms. The molecule has 1 heterocycles. The first kappa shape index (κ1) is 16.0. The number of unbranched alkanes of at least 4 members (excludes halogenated alkanes) is 2. The Balaban J connectivity index is 2.74. The molecule has 0 aromatic carbocycles.